The van der Waals surface area contributed by atoms with Gasteiger partial charge in [0.25, 0.3) is 0 Å². The Morgan fingerprint density at radius 1 is 1.35 bits per heavy atom. The summed E-state index contributed by atoms with van der Waals surface area (Å²) in [5, 5.41) is 7.98. The second kappa shape index (κ2) is 8.48. The maximum Gasteiger partial charge on any atom is 0.223 e. The molecule has 0 aromatic carbocycles. The number of carbonyl (C=O) groups excluding carboxylic acids is 1. The van der Waals surface area contributed by atoms with Gasteiger partial charge in [0, 0.05) is 38.3 Å². The number of nitrogens with zero attached hydrogens (tertiary/aromatic N) is 3. The number of hydrogen-bond acceptors (Lipinski definition) is 3. The predicted octanol–water partition coefficient (Wildman–Crippen LogP) is 2.30. The van der Waals surface area contributed by atoms with E-state index in [-0.39, 0.29) is 0 Å². The molecule has 1 aromatic rings. The molecule has 1 atom stereocenters. The quantitative estimate of drug-likeness (QED) is 0.784. The van der Waals surface area contributed by atoms with Gasteiger partial charge in [0.2, 0.25) is 5.91 Å². The minimum absolute atomic E-state index is 0.295. The molecular weight excluding hydrogens is 288 g/mol. The molecular formula is C18H32N4O. The van der Waals surface area contributed by atoms with E-state index in [2.05, 4.69) is 42.8 Å². The zero-order chi connectivity index (χ0) is 16.8. The largest absolute Gasteiger partial charge is 0.342 e. The zero-order valence-electron chi connectivity index (χ0n) is 15.2. The van der Waals surface area contributed by atoms with Crippen LogP contribution in [0.4, 0.5) is 0 Å². The Morgan fingerprint density at radius 3 is 2.78 bits per heavy atom. The molecule has 0 saturated carbocycles. The highest BCUT2D eigenvalue weighted by Crippen LogP contribution is 2.16. The summed E-state index contributed by atoms with van der Waals surface area (Å²) in [6.45, 7) is 13.0. The van der Waals surface area contributed by atoms with Gasteiger partial charge in [0.1, 0.15) is 0 Å². The number of amides is 1. The van der Waals surface area contributed by atoms with Crippen molar-refractivity contribution < 1.29 is 4.79 Å². The van der Waals surface area contributed by atoms with Crippen molar-refractivity contribution in [3.05, 3.63) is 17.0 Å². The van der Waals surface area contributed by atoms with Crippen molar-refractivity contribution in [2.24, 2.45) is 5.92 Å². The maximum absolute atomic E-state index is 12.2. The highest BCUT2D eigenvalue weighted by atomic mass is 16.2. The van der Waals surface area contributed by atoms with Crippen LogP contribution in [-0.4, -0.2) is 46.8 Å². The fourth-order valence-corrected chi connectivity index (χ4v) is 3.54. The summed E-state index contributed by atoms with van der Waals surface area (Å²) >= 11 is 0. The van der Waals surface area contributed by atoms with Gasteiger partial charge in [0.05, 0.1) is 12.2 Å². The molecule has 0 bridgehead atoms. The normalized spacial score (nSPS) is 18.4. The van der Waals surface area contributed by atoms with Gasteiger partial charge < -0.3 is 10.2 Å². The molecule has 1 amide bonds. The van der Waals surface area contributed by atoms with E-state index < -0.39 is 0 Å². The fraction of sp³-hybridized carbons (Fsp3) is 0.778. The highest BCUT2D eigenvalue weighted by Gasteiger charge is 2.20. The van der Waals surface area contributed by atoms with Gasteiger partial charge in [-0.25, -0.2) is 0 Å². The molecule has 5 heteroatoms. The fourth-order valence-electron chi connectivity index (χ4n) is 3.54. The van der Waals surface area contributed by atoms with E-state index in [1.54, 1.807) is 0 Å². The molecule has 1 saturated heterocycles. The molecule has 0 aliphatic carbocycles. The number of aromatic nitrogens is 2. The first-order chi connectivity index (χ1) is 11.0. The topological polar surface area (TPSA) is 50.2 Å². The Labute approximate surface area is 140 Å². The number of carbonyl (C=O) groups is 1. The molecule has 1 aliphatic heterocycles. The van der Waals surface area contributed by atoms with Crippen LogP contribution in [0.2, 0.25) is 0 Å². The Morgan fingerprint density at radius 2 is 2.13 bits per heavy atom. The summed E-state index contributed by atoms with van der Waals surface area (Å²) in [6.07, 6.45) is 4.04. The van der Waals surface area contributed by atoms with Crippen LogP contribution >= 0.6 is 0 Å². The van der Waals surface area contributed by atoms with Crippen LogP contribution in [0.5, 0.6) is 0 Å². The number of rotatable bonds is 7. The molecule has 1 fully saturated rings. The van der Waals surface area contributed by atoms with Crippen LogP contribution in [0.3, 0.4) is 0 Å². The molecule has 130 valence electrons. The van der Waals surface area contributed by atoms with E-state index in [1.165, 1.54) is 17.7 Å². The molecule has 2 rings (SSSR count). The summed E-state index contributed by atoms with van der Waals surface area (Å²) in [6, 6.07) is 0. The highest BCUT2D eigenvalue weighted by molar-refractivity contribution is 5.76. The molecule has 2 heterocycles. The summed E-state index contributed by atoms with van der Waals surface area (Å²) in [5.41, 5.74) is 3.77. The molecule has 23 heavy (non-hydrogen) atoms. The number of nitrogens with one attached hydrogen (secondary N) is 1. The molecule has 0 unspecified atom stereocenters. The first kappa shape index (κ1) is 18.0. The van der Waals surface area contributed by atoms with Gasteiger partial charge in [-0.1, -0.05) is 13.8 Å². The lowest BCUT2D eigenvalue weighted by atomic mass is 10.00. The van der Waals surface area contributed by atoms with Crippen molar-refractivity contribution in [2.45, 2.75) is 59.9 Å². The van der Waals surface area contributed by atoms with Crippen molar-refractivity contribution >= 4 is 5.91 Å². The maximum atomic E-state index is 12.2. The van der Waals surface area contributed by atoms with Crippen LogP contribution in [0, 0.1) is 19.8 Å². The Balaban J connectivity index is 1.67. The van der Waals surface area contributed by atoms with Crippen molar-refractivity contribution in [2.75, 3.05) is 26.2 Å². The van der Waals surface area contributed by atoms with Crippen molar-refractivity contribution in [1.82, 2.24) is 20.0 Å². The van der Waals surface area contributed by atoms with Crippen molar-refractivity contribution in [1.29, 1.82) is 0 Å². The summed E-state index contributed by atoms with van der Waals surface area (Å²) in [4.78, 5) is 14.2. The van der Waals surface area contributed by atoms with Crippen molar-refractivity contribution in [3.63, 3.8) is 0 Å². The van der Waals surface area contributed by atoms with E-state index >= 15 is 0 Å². The monoisotopic (exact) mass is 320 g/mol. The van der Waals surface area contributed by atoms with Crippen LogP contribution in [-0.2, 0) is 17.8 Å². The summed E-state index contributed by atoms with van der Waals surface area (Å²) in [5.74, 6) is 0.947. The predicted molar refractivity (Wildman–Crippen MR) is 93.5 cm³/mol. The van der Waals surface area contributed by atoms with Crippen molar-refractivity contribution in [3.8, 4) is 0 Å². The second-order valence-electron chi connectivity index (χ2n) is 6.81. The minimum Gasteiger partial charge on any atom is -0.342 e. The lowest BCUT2D eigenvalue weighted by molar-refractivity contribution is -0.132. The smallest absolute Gasteiger partial charge is 0.223 e. The van der Waals surface area contributed by atoms with E-state index in [0.29, 0.717) is 18.2 Å². The van der Waals surface area contributed by atoms with Gasteiger partial charge in [0.15, 0.2) is 0 Å². The van der Waals surface area contributed by atoms with Gasteiger partial charge in [-0.05, 0) is 44.6 Å². The molecule has 0 radical (unpaired) electrons. The Hall–Kier alpha value is -1.36. The molecule has 1 N–H and O–H groups in total. The van der Waals surface area contributed by atoms with Gasteiger partial charge >= 0.3 is 0 Å². The minimum atomic E-state index is 0.295. The third-order valence-corrected chi connectivity index (χ3v) is 4.91. The lowest BCUT2D eigenvalue weighted by Gasteiger charge is -2.31. The Bertz CT molecular complexity index is 523. The second-order valence-corrected chi connectivity index (χ2v) is 6.81. The summed E-state index contributed by atoms with van der Waals surface area (Å²) < 4.78 is 2.08. The Kier molecular flexibility index (Phi) is 6.63. The van der Waals surface area contributed by atoms with Gasteiger partial charge in [-0.3, -0.25) is 9.48 Å². The van der Waals surface area contributed by atoms with Gasteiger partial charge in [-0.2, -0.15) is 5.10 Å². The SMILES string of the molecule is CCc1c(C)nn(CCNCCC(=O)N2CCC[C@H](C)C2)c1C. The van der Waals surface area contributed by atoms with Crippen LogP contribution in [0.1, 0.15) is 50.1 Å². The first-order valence-electron chi connectivity index (χ1n) is 9.04. The summed E-state index contributed by atoms with van der Waals surface area (Å²) in [7, 11) is 0. The van der Waals surface area contributed by atoms with Crippen LogP contribution in [0.25, 0.3) is 0 Å². The average Bonchev–Trinajstić information content (AvgIpc) is 2.80. The molecule has 0 spiro atoms. The third-order valence-electron chi connectivity index (χ3n) is 4.91. The van der Waals surface area contributed by atoms with E-state index in [9.17, 15) is 4.79 Å². The van der Waals surface area contributed by atoms with Gasteiger partial charge in [-0.15, -0.1) is 0 Å². The number of hydrogen-bond donors (Lipinski definition) is 1. The standard InChI is InChI=1S/C18H32N4O/c1-5-17-15(3)20-22(16(17)4)12-10-19-9-8-18(23)21-11-6-7-14(2)13-21/h14,19H,5-13H2,1-4H3/t14-/m0/s1. The number of aryl methyl sites for hydroxylation is 1. The van der Waals surface area contributed by atoms with E-state index in [1.807, 2.05) is 4.90 Å². The zero-order valence-corrected chi connectivity index (χ0v) is 15.2. The molecule has 1 aliphatic rings. The first-order valence-corrected chi connectivity index (χ1v) is 9.04. The average molecular weight is 320 g/mol. The van der Waals surface area contributed by atoms with Crippen LogP contribution < -0.4 is 5.32 Å². The molecule has 1 aromatic heterocycles. The van der Waals surface area contributed by atoms with Crippen LogP contribution in [0.15, 0.2) is 0 Å². The van der Waals surface area contributed by atoms with E-state index in [0.717, 1.165) is 51.3 Å². The molecule has 5 nitrogen and oxygen atoms in total. The number of piperidine rings is 1. The number of likely N-dealkylation sites (tertiary alicyclic amines) is 1. The lowest BCUT2D eigenvalue weighted by Crippen LogP contribution is -2.40. The van der Waals surface area contributed by atoms with E-state index in [4.69, 9.17) is 0 Å². The third kappa shape index (κ3) is 4.80.